The fourth-order valence-corrected chi connectivity index (χ4v) is 1.30. The highest BCUT2D eigenvalue weighted by Crippen LogP contribution is 2.25. The normalized spacial score (nSPS) is 14.9. The van der Waals surface area contributed by atoms with E-state index in [1.54, 1.807) is 6.92 Å². The van der Waals surface area contributed by atoms with Crippen LogP contribution in [0.25, 0.3) is 0 Å². The molecule has 0 saturated heterocycles. The number of hydrogen-bond donors (Lipinski definition) is 2. The molecule has 0 bridgehead atoms. The molecule has 1 aromatic rings. The predicted octanol–water partition coefficient (Wildman–Crippen LogP) is 1.47. The number of ether oxygens (including phenoxy) is 1. The Morgan fingerprint density at radius 1 is 1.43 bits per heavy atom. The number of benzene rings is 1. The molecule has 0 radical (unpaired) electrons. The van der Waals surface area contributed by atoms with Gasteiger partial charge in [-0.3, -0.25) is 0 Å². The summed E-state index contributed by atoms with van der Waals surface area (Å²) >= 11 is 0. The van der Waals surface area contributed by atoms with Gasteiger partial charge < -0.3 is 15.6 Å². The third-order valence-corrected chi connectivity index (χ3v) is 2.10. The Bertz CT molecular complexity index is 286. The van der Waals surface area contributed by atoms with Crippen LogP contribution in [0.1, 0.15) is 25.5 Å². The van der Waals surface area contributed by atoms with Crippen molar-refractivity contribution in [2.45, 2.75) is 26.0 Å². The van der Waals surface area contributed by atoms with Gasteiger partial charge in [0.25, 0.3) is 0 Å². The summed E-state index contributed by atoms with van der Waals surface area (Å²) in [5, 5.41) is 9.39. The van der Waals surface area contributed by atoms with E-state index >= 15 is 0 Å². The highest BCUT2D eigenvalue weighted by atomic mass is 16.5. The maximum atomic E-state index is 9.39. The van der Waals surface area contributed by atoms with E-state index in [2.05, 4.69) is 0 Å². The average Bonchev–Trinajstić information content (AvgIpc) is 2.18. The van der Waals surface area contributed by atoms with Gasteiger partial charge in [-0.1, -0.05) is 18.2 Å². The minimum absolute atomic E-state index is 0.391. The summed E-state index contributed by atoms with van der Waals surface area (Å²) in [6.07, 6.45) is -0.573. The fourth-order valence-electron chi connectivity index (χ4n) is 1.30. The van der Waals surface area contributed by atoms with Gasteiger partial charge in [0, 0.05) is 5.56 Å². The first-order valence-corrected chi connectivity index (χ1v) is 4.82. The molecule has 0 fully saturated rings. The molecular weight excluding hydrogens is 178 g/mol. The molecular formula is C11H17NO2. The molecule has 0 aliphatic rings. The van der Waals surface area contributed by atoms with Crippen LogP contribution in [0, 0.1) is 0 Å². The molecule has 3 heteroatoms. The van der Waals surface area contributed by atoms with Crippen LogP contribution in [0.5, 0.6) is 5.75 Å². The van der Waals surface area contributed by atoms with Gasteiger partial charge in [0.15, 0.2) is 0 Å². The lowest BCUT2D eigenvalue weighted by Crippen LogP contribution is -2.23. The highest BCUT2D eigenvalue weighted by Gasteiger charge is 2.15. The van der Waals surface area contributed by atoms with Crippen molar-refractivity contribution in [3.63, 3.8) is 0 Å². The number of para-hydroxylation sites is 1. The first kappa shape index (κ1) is 11.0. The second-order valence-electron chi connectivity index (χ2n) is 3.24. The van der Waals surface area contributed by atoms with Crippen molar-refractivity contribution in [1.82, 2.24) is 0 Å². The summed E-state index contributed by atoms with van der Waals surface area (Å²) in [6.45, 7) is 4.20. The van der Waals surface area contributed by atoms with Crippen LogP contribution in [0.15, 0.2) is 24.3 Å². The van der Waals surface area contributed by atoms with Gasteiger partial charge in [-0.25, -0.2) is 0 Å². The molecule has 78 valence electrons. The minimum atomic E-state index is -0.573. The molecule has 0 unspecified atom stereocenters. The van der Waals surface area contributed by atoms with Crippen LogP contribution in [-0.4, -0.2) is 17.8 Å². The van der Waals surface area contributed by atoms with Crippen molar-refractivity contribution >= 4 is 0 Å². The number of aliphatic hydroxyl groups excluding tert-OH is 1. The number of nitrogens with two attached hydrogens (primary N) is 1. The molecule has 0 spiro atoms. The first-order chi connectivity index (χ1) is 6.66. The molecule has 1 aromatic carbocycles. The molecule has 3 N–H and O–H groups in total. The molecule has 0 aliphatic carbocycles. The smallest absolute Gasteiger partial charge is 0.124 e. The van der Waals surface area contributed by atoms with E-state index in [0.717, 1.165) is 11.3 Å². The molecule has 0 heterocycles. The fraction of sp³-hybridized carbons (Fsp3) is 0.455. The highest BCUT2D eigenvalue weighted by molar-refractivity contribution is 5.36. The zero-order valence-electron chi connectivity index (χ0n) is 8.60. The molecule has 1 rings (SSSR count). The lowest BCUT2D eigenvalue weighted by molar-refractivity contribution is 0.162. The molecule has 3 nitrogen and oxygen atoms in total. The summed E-state index contributed by atoms with van der Waals surface area (Å²) in [4.78, 5) is 0. The maximum Gasteiger partial charge on any atom is 0.124 e. The molecule has 2 atom stereocenters. The van der Waals surface area contributed by atoms with Gasteiger partial charge in [-0.15, -0.1) is 0 Å². The van der Waals surface area contributed by atoms with Gasteiger partial charge >= 0.3 is 0 Å². The largest absolute Gasteiger partial charge is 0.494 e. The topological polar surface area (TPSA) is 55.5 Å². The van der Waals surface area contributed by atoms with E-state index in [4.69, 9.17) is 10.5 Å². The van der Waals surface area contributed by atoms with Crippen molar-refractivity contribution in [3.05, 3.63) is 29.8 Å². The second kappa shape index (κ2) is 4.98. The maximum absolute atomic E-state index is 9.39. The van der Waals surface area contributed by atoms with Gasteiger partial charge in [-0.2, -0.15) is 0 Å². The van der Waals surface area contributed by atoms with Crippen molar-refractivity contribution in [3.8, 4) is 5.75 Å². The van der Waals surface area contributed by atoms with E-state index < -0.39 is 12.1 Å². The Balaban J connectivity index is 2.94. The molecule has 0 amide bonds. The number of aliphatic hydroxyl groups is 1. The minimum Gasteiger partial charge on any atom is -0.494 e. The molecule has 0 saturated carbocycles. The predicted molar refractivity (Wildman–Crippen MR) is 56.2 cm³/mol. The van der Waals surface area contributed by atoms with Gasteiger partial charge in [0.05, 0.1) is 18.8 Å². The van der Waals surface area contributed by atoms with E-state index in [0.29, 0.717) is 6.61 Å². The summed E-state index contributed by atoms with van der Waals surface area (Å²) in [5.74, 6) is 0.753. The Hall–Kier alpha value is -1.06. The van der Waals surface area contributed by atoms with Crippen LogP contribution in [0.3, 0.4) is 0 Å². The van der Waals surface area contributed by atoms with E-state index in [-0.39, 0.29) is 0 Å². The second-order valence-corrected chi connectivity index (χ2v) is 3.24. The van der Waals surface area contributed by atoms with Crippen LogP contribution in [-0.2, 0) is 0 Å². The van der Waals surface area contributed by atoms with Crippen LogP contribution in [0.2, 0.25) is 0 Å². The quantitative estimate of drug-likeness (QED) is 0.764. The van der Waals surface area contributed by atoms with Crippen molar-refractivity contribution in [1.29, 1.82) is 0 Å². The first-order valence-electron chi connectivity index (χ1n) is 4.82. The van der Waals surface area contributed by atoms with E-state index in [1.165, 1.54) is 0 Å². The lowest BCUT2D eigenvalue weighted by Gasteiger charge is -2.18. The van der Waals surface area contributed by atoms with Crippen LogP contribution < -0.4 is 10.5 Å². The zero-order valence-corrected chi connectivity index (χ0v) is 8.60. The Morgan fingerprint density at radius 3 is 2.64 bits per heavy atom. The summed E-state index contributed by atoms with van der Waals surface area (Å²) < 4.78 is 5.42. The Kier molecular flexibility index (Phi) is 3.92. The summed E-state index contributed by atoms with van der Waals surface area (Å²) in [5.41, 5.74) is 6.69. The summed E-state index contributed by atoms with van der Waals surface area (Å²) in [6, 6.07) is 7.13. The van der Waals surface area contributed by atoms with Crippen LogP contribution in [0.4, 0.5) is 0 Å². The van der Waals surface area contributed by atoms with Crippen molar-refractivity contribution < 1.29 is 9.84 Å². The molecule has 0 aliphatic heterocycles. The van der Waals surface area contributed by atoms with Gasteiger partial charge in [0.2, 0.25) is 0 Å². The van der Waals surface area contributed by atoms with Gasteiger partial charge in [0.1, 0.15) is 5.75 Å². The van der Waals surface area contributed by atoms with Crippen molar-refractivity contribution in [2.24, 2.45) is 5.73 Å². The SMILES string of the molecule is CCOc1ccccc1[C@H](N)[C@H](C)O. The lowest BCUT2D eigenvalue weighted by atomic mass is 10.0. The zero-order chi connectivity index (χ0) is 10.6. The van der Waals surface area contributed by atoms with Gasteiger partial charge in [-0.05, 0) is 19.9 Å². The summed E-state index contributed by atoms with van der Waals surface area (Å²) in [7, 11) is 0. The van der Waals surface area contributed by atoms with E-state index in [9.17, 15) is 5.11 Å². The third-order valence-electron chi connectivity index (χ3n) is 2.10. The third kappa shape index (κ3) is 2.47. The standard InChI is InChI=1S/C11H17NO2/c1-3-14-10-7-5-4-6-9(10)11(12)8(2)13/h4-8,11,13H,3,12H2,1-2H3/t8-,11+/m0/s1. The average molecular weight is 195 g/mol. The van der Waals surface area contributed by atoms with Crippen molar-refractivity contribution in [2.75, 3.05) is 6.61 Å². The number of rotatable bonds is 4. The van der Waals surface area contributed by atoms with Crippen LogP contribution >= 0.6 is 0 Å². The Morgan fingerprint density at radius 2 is 2.07 bits per heavy atom. The monoisotopic (exact) mass is 195 g/mol. The molecule has 0 aromatic heterocycles. The Labute approximate surface area is 84.5 Å². The number of hydrogen-bond acceptors (Lipinski definition) is 3. The molecule has 14 heavy (non-hydrogen) atoms. The van der Waals surface area contributed by atoms with E-state index in [1.807, 2.05) is 31.2 Å².